The minimum absolute atomic E-state index is 0.132. The molecule has 1 aliphatic carbocycles. The van der Waals surface area contributed by atoms with Crippen molar-refractivity contribution in [2.24, 2.45) is 0 Å². The van der Waals surface area contributed by atoms with Gasteiger partial charge in [-0.3, -0.25) is 9.00 Å². The standard InChI is InChI=1S/C23H19FN2O2S2/c1-14-19(11-15-3-6-17(7-4-15)30(2)28)18-8-5-16(24)12-21(18)20(14)13-22(27)26-23-25-9-10-29-23/h3-12H,13H2,1-2H3,(H,25,26,27)/b19-11+. The molecule has 30 heavy (non-hydrogen) atoms. The van der Waals surface area contributed by atoms with Crippen molar-refractivity contribution in [3.05, 3.63) is 82.1 Å². The molecular weight excluding hydrogens is 419 g/mol. The molecule has 1 aliphatic rings. The van der Waals surface area contributed by atoms with E-state index in [1.165, 1.54) is 23.5 Å². The number of carbonyl (C=O) groups excluding carboxylic acids is 1. The number of allylic oxidation sites excluding steroid dienone is 2. The van der Waals surface area contributed by atoms with E-state index >= 15 is 0 Å². The zero-order valence-electron chi connectivity index (χ0n) is 16.4. The van der Waals surface area contributed by atoms with Gasteiger partial charge < -0.3 is 5.32 Å². The van der Waals surface area contributed by atoms with Crippen LogP contribution in [-0.4, -0.2) is 21.4 Å². The Morgan fingerprint density at radius 2 is 1.97 bits per heavy atom. The first kappa shape index (κ1) is 20.4. The van der Waals surface area contributed by atoms with Gasteiger partial charge in [-0.1, -0.05) is 18.2 Å². The van der Waals surface area contributed by atoms with Crippen molar-refractivity contribution in [3.63, 3.8) is 0 Å². The maximum Gasteiger partial charge on any atom is 0.230 e. The molecule has 0 saturated carbocycles. The summed E-state index contributed by atoms with van der Waals surface area (Å²) in [5.74, 6) is -0.527. The smallest absolute Gasteiger partial charge is 0.230 e. The van der Waals surface area contributed by atoms with Crippen LogP contribution in [0.5, 0.6) is 0 Å². The zero-order valence-corrected chi connectivity index (χ0v) is 18.1. The van der Waals surface area contributed by atoms with Crippen LogP contribution in [0.2, 0.25) is 0 Å². The van der Waals surface area contributed by atoms with Crippen LogP contribution in [-0.2, 0) is 15.6 Å². The SMILES string of the molecule is CC1=C(CC(=O)Nc2nccs2)c2cc(F)ccc2/C1=C/c1ccc(S(C)=O)cc1. The number of rotatable bonds is 5. The number of aromatic nitrogens is 1. The molecule has 1 aromatic heterocycles. The molecule has 1 unspecified atom stereocenters. The van der Waals surface area contributed by atoms with Crippen LogP contribution in [0.25, 0.3) is 17.2 Å². The summed E-state index contributed by atoms with van der Waals surface area (Å²) in [6.45, 7) is 1.95. The third-order valence-electron chi connectivity index (χ3n) is 4.99. The topological polar surface area (TPSA) is 59.1 Å². The fourth-order valence-corrected chi connectivity index (χ4v) is 4.58. The number of hydrogen-bond acceptors (Lipinski definition) is 4. The molecule has 3 aromatic rings. The van der Waals surface area contributed by atoms with Crippen molar-refractivity contribution in [3.8, 4) is 0 Å². The van der Waals surface area contributed by atoms with Crippen LogP contribution in [0.3, 0.4) is 0 Å². The monoisotopic (exact) mass is 438 g/mol. The Morgan fingerprint density at radius 1 is 1.20 bits per heavy atom. The quantitative estimate of drug-likeness (QED) is 0.582. The Morgan fingerprint density at radius 3 is 2.63 bits per heavy atom. The molecule has 0 fully saturated rings. The molecule has 1 amide bonds. The highest BCUT2D eigenvalue weighted by atomic mass is 32.2. The Labute approximate surface area is 180 Å². The molecule has 4 rings (SSSR count). The van der Waals surface area contributed by atoms with E-state index in [2.05, 4.69) is 10.3 Å². The van der Waals surface area contributed by atoms with Gasteiger partial charge in [0.1, 0.15) is 5.82 Å². The highest BCUT2D eigenvalue weighted by Gasteiger charge is 2.26. The van der Waals surface area contributed by atoms with Gasteiger partial charge in [-0.15, -0.1) is 11.3 Å². The molecule has 1 heterocycles. The lowest BCUT2D eigenvalue weighted by Gasteiger charge is -2.06. The first-order valence-corrected chi connectivity index (χ1v) is 11.7. The molecule has 152 valence electrons. The number of hydrogen-bond donors (Lipinski definition) is 1. The summed E-state index contributed by atoms with van der Waals surface area (Å²) in [6.07, 6.45) is 5.42. The lowest BCUT2D eigenvalue weighted by molar-refractivity contribution is -0.115. The molecule has 0 saturated heterocycles. The van der Waals surface area contributed by atoms with E-state index in [4.69, 9.17) is 0 Å². The highest BCUT2D eigenvalue weighted by molar-refractivity contribution is 7.84. The van der Waals surface area contributed by atoms with E-state index in [0.29, 0.717) is 5.13 Å². The summed E-state index contributed by atoms with van der Waals surface area (Å²) in [7, 11) is -1.03. The minimum atomic E-state index is -1.03. The second-order valence-electron chi connectivity index (χ2n) is 6.94. The van der Waals surface area contributed by atoms with E-state index in [0.717, 1.165) is 38.3 Å². The fourth-order valence-electron chi connectivity index (χ4n) is 3.51. The molecule has 1 N–H and O–H groups in total. The van der Waals surface area contributed by atoms with Crippen LogP contribution in [0.1, 0.15) is 30.0 Å². The number of nitrogens with zero attached hydrogens (tertiary/aromatic N) is 1. The first-order chi connectivity index (χ1) is 14.4. The zero-order chi connectivity index (χ0) is 21.3. The average Bonchev–Trinajstić information content (AvgIpc) is 3.31. The lowest BCUT2D eigenvalue weighted by Crippen LogP contribution is -2.11. The van der Waals surface area contributed by atoms with Crippen LogP contribution in [0, 0.1) is 5.82 Å². The molecule has 1 atom stereocenters. The Bertz CT molecular complexity index is 1200. The molecule has 2 aromatic carbocycles. The number of fused-ring (bicyclic) bond motifs is 1. The van der Waals surface area contributed by atoms with Gasteiger partial charge in [-0.25, -0.2) is 9.37 Å². The lowest BCUT2D eigenvalue weighted by atomic mass is 10.0. The number of carbonyl (C=O) groups is 1. The largest absolute Gasteiger partial charge is 0.302 e. The number of benzene rings is 2. The second-order valence-corrected chi connectivity index (χ2v) is 9.21. The van der Waals surface area contributed by atoms with E-state index in [1.54, 1.807) is 23.9 Å². The summed E-state index contributed by atoms with van der Waals surface area (Å²) in [4.78, 5) is 17.4. The normalized spacial score (nSPS) is 15.4. The molecular formula is C23H19FN2O2S2. The van der Waals surface area contributed by atoms with Crippen molar-refractivity contribution in [2.45, 2.75) is 18.2 Å². The maximum absolute atomic E-state index is 14.0. The highest BCUT2D eigenvalue weighted by Crippen LogP contribution is 2.44. The van der Waals surface area contributed by atoms with Crippen molar-refractivity contribution in [1.82, 2.24) is 4.98 Å². The summed E-state index contributed by atoms with van der Waals surface area (Å²) < 4.78 is 25.6. The van der Waals surface area contributed by atoms with Gasteiger partial charge in [0.15, 0.2) is 5.13 Å². The van der Waals surface area contributed by atoms with Crippen molar-refractivity contribution >= 4 is 50.4 Å². The third-order valence-corrected chi connectivity index (χ3v) is 6.62. The second kappa shape index (κ2) is 8.45. The van der Waals surface area contributed by atoms with Gasteiger partial charge in [0.2, 0.25) is 5.91 Å². The fraction of sp³-hybridized carbons (Fsp3) is 0.130. The number of halogens is 1. The molecule has 0 bridgehead atoms. The van der Waals surface area contributed by atoms with Crippen LogP contribution in [0.4, 0.5) is 9.52 Å². The van der Waals surface area contributed by atoms with E-state index in [-0.39, 0.29) is 18.1 Å². The van der Waals surface area contributed by atoms with E-state index < -0.39 is 10.8 Å². The summed E-state index contributed by atoms with van der Waals surface area (Å²) in [5, 5.41) is 5.12. The number of nitrogens with one attached hydrogen (secondary N) is 1. The van der Waals surface area contributed by atoms with Gasteiger partial charge in [0.05, 0.1) is 6.42 Å². The maximum atomic E-state index is 14.0. The van der Waals surface area contributed by atoms with E-state index in [1.807, 2.05) is 37.3 Å². The third kappa shape index (κ3) is 4.17. The summed E-state index contributed by atoms with van der Waals surface area (Å²) in [6, 6.07) is 12.2. The molecule has 0 aliphatic heterocycles. The predicted molar refractivity (Wildman–Crippen MR) is 121 cm³/mol. The van der Waals surface area contributed by atoms with Gasteiger partial charge in [0, 0.05) is 33.5 Å². The molecule has 4 nitrogen and oxygen atoms in total. The van der Waals surface area contributed by atoms with Crippen LogP contribution < -0.4 is 5.32 Å². The predicted octanol–water partition coefficient (Wildman–Crippen LogP) is 5.38. The van der Waals surface area contributed by atoms with Gasteiger partial charge >= 0.3 is 0 Å². The average molecular weight is 439 g/mol. The molecule has 0 radical (unpaired) electrons. The Balaban J connectivity index is 1.70. The van der Waals surface area contributed by atoms with Gasteiger partial charge in [0.25, 0.3) is 0 Å². The summed E-state index contributed by atoms with van der Waals surface area (Å²) >= 11 is 1.35. The van der Waals surface area contributed by atoms with Crippen LogP contribution >= 0.6 is 11.3 Å². The number of anilines is 1. The molecule has 0 spiro atoms. The van der Waals surface area contributed by atoms with Crippen molar-refractivity contribution in [2.75, 3.05) is 11.6 Å². The minimum Gasteiger partial charge on any atom is -0.302 e. The van der Waals surface area contributed by atoms with Crippen molar-refractivity contribution < 1.29 is 13.4 Å². The van der Waals surface area contributed by atoms with E-state index in [9.17, 15) is 13.4 Å². The van der Waals surface area contributed by atoms with Crippen LogP contribution in [0.15, 0.2) is 64.5 Å². The van der Waals surface area contributed by atoms with Gasteiger partial charge in [-0.05, 0) is 70.7 Å². The van der Waals surface area contributed by atoms with Crippen molar-refractivity contribution in [1.29, 1.82) is 0 Å². The first-order valence-electron chi connectivity index (χ1n) is 9.27. The number of thiazole rings is 1. The Hall–Kier alpha value is -2.90. The van der Waals surface area contributed by atoms with Gasteiger partial charge in [-0.2, -0.15) is 0 Å². The summed E-state index contributed by atoms with van der Waals surface area (Å²) in [5.41, 5.74) is 5.27. The number of amides is 1. The molecule has 7 heteroatoms. The Kier molecular flexibility index (Phi) is 5.74.